The molecule has 102 valence electrons. The Morgan fingerprint density at radius 3 is 2.47 bits per heavy atom. The molecule has 1 aliphatic heterocycles. The lowest BCUT2D eigenvalue weighted by molar-refractivity contribution is 0.192. The number of nitrogens with one attached hydrogen (secondary N) is 1. The summed E-state index contributed by atoms with van der Waals surface area (Å²) in [7, 11) is 0. The highest BCUT2D eigenvalue weighted by atomic mass is 15.1. The maximum absolute atomic E-state index is 3.76. The third-order valence-electron chi connectivity index (χ3n) is 3.95. The average molecular weight is 240 g/mol. The van der Waals surface area contributed by atoms with Gasteiger partial charge in [-0.15, -0.1) is 0 Å². The maximum atomic E-state index is 3.76. The topological polar surface area (TPSA) is 15.3 Å². The van der Waals surface area contributed by atoms with Crippen molar-refractivity contribution in [2.75, 3.05) is 26.2 Å². The first kappa shape index (κ1) is 15.0. The molecule has 2 nitrogen and oxygen atoms in total. The molecule has 0 aromatic carbocycles. The Kier molecular flexibility index (Phi) is 7.87. The number of hydrogen-bond acceptors (Lipinski definition) is 2. The summed E-state index contributed by atoms with van der Waals surface area (Å²) in [5.41, 5.74) is 0. The van der Waals surface area contributed by atoms with E-state index in [0.717, 1.165) is 12.0 Å². The molecule has 0 bridgehead atoms. The summed E-state index contributed by atoms with van der Waals surface area (Å²) in [5.74, 6) is 0.845. The number of unbranched alkanes of at least 4 members (excludes halogenated alkanes) is 1. The fraction of sp³-hybridized carbons (Fsp3) is 1.00. The van der Waals surface area contributed by atoms with Crippen LogP contribution in [-0.2, 0) is 0 Å². The fourth-order valence-corrected chi connectivity index (χ4v) is 2.71. The first-order chi connectivity index (χ1) is 8.26. The van der Waals surface area contributed by atoms with Crippen LogP contribution >= 0.6 is 0 Å². The second kappa shape index (κ2) is 8.93. The molecule has 1 rings (SSSR count). The minimum atomic E-state index is 0.784. The molecule has 1 saturated heterocycles. The highest BCUT2D eigenvalue weighted by molar-refractivity contribution is 4.77. The second-order valence-corrected chi connectivity index (χ2v) is 5.77. The molecule has 1 unspecified atom stereocenters. The van der Waals surface area contributed by atoms with Gasteiger partial charge in [-0.1, -0.05) is 33.6 Å². The number of nitrogens with zero attached hydrogens (tertiary/aromatic N) is 1. The van der Waals surface area contributed by atoms with Crippen LogP contribution in [0, 0.1) is 5.92 Å². The molecule has 0 radical (unpaired) electrons. The van der Waals surface area contributed by atoms with E-state index in [2.05, 4.69) is 31.0 Å². The third kappa shape index (κ3) is 6.42. The van der Waals surface area contributed by atoms with E-state index in [1.807, 2.05) is 0 Å². The molecule has 1 heterocycles. The van der Waals surface area contributed by atoms with E-state index in [0.29, 0.717) is 0 Å². The predicted molar refractivity (Wildman–Crippen MR) is 76.4 cm³/mol. The summed E-state index contributed by atoms with van der Waals surface area (Å²) in [6.45, 7) is 12.1. The first-order valence-electron chi connectivity index (χ1n) is 7.72. The summed E-state index contributed by atoms with van der Waals surface area (Å²) < 4.78 is 0. The lowest BCUT2D eigenvalue weighted by Crippen LogP contribution is -2.43. The highest BCUT2D eigenvalue weighted by Gasteiger charge is 2.18. The van der Waals surface area contributed by atoms with Crippen LogP contribution < -0.4 is 5.32 Å². The third-order valence-corrected chi connectivity index (χ3v) is 3.95. The van der Waals surface area contributed by atoms with Gasteiger partial charge < -0.3 is 10.2 Å². The molecule has 0 aromatic rings. The molecule has 17 heavy (non-hydrogen) atoms. The number of piperidine rings is 1. The van der Waals surface area contributed by atoms with Gasteiger partial charge in [0.2, 0.25) is 0 Å². The number of hydrogen-bond donors (Lipinski definition) is 1. The monoisotopic (exact) mass is 240 g/mol. The van der Waals surface area contributed by atoms with Crippen LogP contribution in [-0.4, -0.2) is 37.1 Å². The molecule has 0 aliphatic carbocycles. The van der Waals surface area contributed by atoms with Crippen molar-refractivity contribution in [1.29, 1.82) is 0 Å². The van der Waals surface area contributed by atoms with E-state index >= 15 is 0 Å². The Hall–Kier alpha value is -0.0800. The smallest absolute Gasteiger partial charge is 0.00915 e. The number of rotatable bonds is 8. The van der Waals surface area contributed by atoms with Crippen LogP contribution in [0.1, 0.15) is 59.3 Å². The molecule has 1 N–H and O–H groups in total. The summed E-state index contributed by atoms with van der Waals surface area (Å²) >= 11 is 0. The van der Waals surface area contributed by atoms with E-state index in [9.17, 15) is 0 Å². The molecule has 2 heteroatoms. The molecular weight excluding hydrogens is 208 g/mol. The standard InChI is InChI=1S/C15H32N2/c1-4-6-10-17-11-8-15(9-12-17)16-13-14(3)7-5-2/h14-16H,4-13H2,1-3H3. The normalized spacial score (nSPS) is 20.6. The van der Waals surface area contributed by atoms with Gasteiger partial charge in [0.05, 0.1) is 0 Å². The lowest BCUT2D eigenvalue weighted by atomic mass is 10.0. The van der Waals surface area contributed by atoms with Gasteiger partial charge in [0, 0.05) is 6.04 Å². The van der Waals surface area contributed by atoms with Crippen molar-refractivity contribution in [2.45, 2.75) is 65.3 Å². The maximum Gasteiger partial charge on any atom is 0.00915 e. The Morgan fingerprint density at radius 1 is 1.18 bits per heavy atom. The zero-order valence-corrected chi connectivity index (χ0v) is 12.2. The summed E-state index contributed by atoms with van der Waals surface area (Å²) in [4.78, 5) is 2.64. The first-order valence-corrected chi connectivity index (χ1v) is 7.72. The van der Waals surface area contributed by atoms with Gasteiger partial charge in [-0.3, -0.25) is 0 Å². The quantitative estimate of drug-likeness (QED) is 0.700. The van der Waals surface area contributed by atoms with Crippen LogP contribution in [0.5, 0.6) is 0 Å². The van der Waals surface area contributed by atoms with Gasteiger partial charge in [-0.05, 0) is 57.8 Å². The van der Waals surface area contributed by atoms with E-state index in [1.54, 1.807) is 0 Å². The van der Waals surface area contributed by atoms with Crippen LogP contribution in [0.3, 0.4) is 0 Å². The minimum absolute atomic E-state index is 0.784. The van der Waals surface area contributed by atoms with Gasteiger partial charge >= 0.3 is 0 Å². The van der Waals surface area contributed by atoms with Crippen LogP contribution in [0.4, 0.5) is 0 Å². The van der Waals surface area contributed by atoms with Gasteiger partial charge in [0.25, 0.3) is 0 Å². The average Bonchev–Trinajstić information content (AvgIpc) is 2.35. The second-order valence-electron chi connectivity index (χ2n) is 5.77. The zero-order chi connectivity index (χ0) is 12.5. The Bertz CT molecular complexity index is 174. The Labute approximate surface area is 108 Å². The SMILES string of the molecule is CCCCN1CCC(NCC(C)CCC)CC1. The van der Waals surface area contributed by atoms with Crippen molar-refractivity contribution in [3.63, 3.8) is 0 Å². The predicted octanol–water partition coefficient (Wildman–Crippen LogP) is 3.28. The summed E-state index contributed by atoms with van der Waals surface area (Å²) in [6, 6.07) is 0.784. The molecular formula is C15H32N2. The van der Waals surface area contributed by atoms with Gasteiger partial charge in [-0.2, -0.15) is 0 Å². The van der Waals surface area contributed by atoms with Gasteiger partial charge in [0.15, 0.2) is 0 Å². The molecule has 0 amide bonds. The molecule has 1 aliphatic rings. The molecule has 0 saturated carbocycles. The lowest BCUT2D eigenvalue weighted by Gasteiger charge is -2.33. The van der Waals surface area contributed by atoms with Gasteiger partial charge in [-0.25, -0.2) is 0 Å². The van der Waals surface area contributed by atoms with E-state index < -0.39 is 0 Å². The summed E-state index contributed by atoms with van der Waals surface area (Å²) in [6.07, 6.45) is 8.07. The fourth-order valence-electron chi connectivity index (χ4n) is 2.71. The van der Waals surface area contributed by atoms with E-state index in [-0.39, 0.29) is 0 Å². The van der Waals surface area contributed by atoms with Crippen LogP contribution in [0.15, 0.2) is 0 Å². The summed E-state index contributed by atoms with van der Waals surface area (Å²) in [5, 5.41) is 3.76. The van der Waals surface area contributed by atoms with Crippen LogP contribution in [0.25, 0.3) is 0 Å². The largest absolute Gasteiger partial charge is 0.314 e. The Morgan fingerprint density at radius 2 is 1.88 bits per heavy atom. The minimum Gasteiger partial charge on any atom is -0.314 e. The van der Waals surface area contributed by atoms with Crippen molar-refractivity contribution in [2.24, 2.45) is 5.92 Å². The zero-order valence-electron chi connectivity index (χ0n) is 12.2. The molecule has 1 atom stereocenters. The molecule has 0 aromatic heterocycles. The van der Waals surface area contributed by atoms with Crippen molar-refractivity contribution in [1.82, 2.24) is 10.2 Å². The molecule has 1 fully saturated rings. The van der Waals surface area contributed by atoms with Crippen LogP contribution in [0.2, 0.25) is 0 Å². The van der Waals surface area contributed by atoms with E-state index in [1.165, 1.54) is 64.7 Å². The Balaban J connectivity index is 2.06. The van der Waals surface area contributed by atoms with Crippen molar-refractivity contribution in [3.05, 3.63) is 0 Å². The molecule has 0 spiro atoms. The van der Waals surface area contributed by atoms with Crippen molar-refractivity contribution >= 4 is 0 Å². The van der Waals surface area contributed by atoms with Crippen molar-refractivity contribution in [3.8, 4) is 0 Å². The van der Waals surface area contributed by atoms with Crippen molar-refractivity contribution < 1.29 is 0 Å². The highest BCUT2D eigenvalue weighted by Crippen LogP contribution is 2.12. The van der Waals surface area contributed by atoms with Gasteiger partial charge in [0.1, 0.15) is 0 Å². The number of likely N-dealkylation sites (tertiary alicyclic amines) is 1. The van der Waals surface area contributed by atoms with E-state index in [4.69, 9.17) is 0 Å².